The molecule has 0 spiro atoms. The first-order valence-electron chi connectivity index (χ1n) is 6.25. The Morgan fingerprint density at radius 1 is 1.44 bits per heavy atom. The monoisotopic (exact) mass is 245 g/mol. The third kappa shape index (κ3) is 3.67. The smallest absolute Gasteiger partial charge is 0.323 e. The van der Waals surface area contributed by atoms with Gasteiger partial charge >= 0.3 is 5.97 Å². The molecule has 3 nitrogen and oxygen atoms in total. The first-order valence-corrected chi connectivity index (χ1v) is 7.40. The zero-order valence-electron chi connectivity index (χ0n) is 10.6. The Labute approximate surface area is 103 Å². The molecule has 2 atom stereocenters. The van der Waals surface area contributed by atoms with E-state index in [1.807, 2.05) is 18.7 Å². The number of nitrogens with zero attached hydrogens (tertiary/aromatic N) is 1. The van der Waals surface area contributed by atoms with Crippen molar-refractivity contribution in [3.63, 3.8) is 0 Å². The van der Waals surface area contributed by atoms with E-state index in [1.165, 1.54) is 0 Å². The maximum Gasteiger partial charge on any atom is 0.323 e. The van der Waals surface area contributed by atoms with E-state index in [0.29, 0.717) is 0 Å². The summed E-state index contributed by atoms with van der Waals surface area (Å²) in [6.07, 6.45) is 2.01. The first-order chi connectivity index (χ1) is 7.72. The third-order valence-electron chi connectivity index (χ3n) is 3.08. The largest absolute Gasteiger partial charge is 0.460 e. The zero-order chi connectivity index (χ0) is 12.0. The SMILES string of the molecule is CCC(C(=O)OC1CCSC1)N(CC)CC. The van der Waals surface area contributed by atoms with Crippen molar-refractivity contribution in [3.05, 3.63) is 0 Å². The molecule has 1 saturated heterocycles. The fraction of sp³-hybridized carbons (Fsp3) is 0.917. The molecule has 0 bridgehead atoms. The highest BCUT2D eigenvalue weighted by molar-refractivity contribution is 7.99. The van der Waals surface area contributed by atoms with E-state index in [9.17, 15) is 4.79 Å². The second-order valence-electron chi connectivity index (χ2n) is 4.07. The summed E-state index contributed by atoms with van der Waals surface area (Å²) in [5.41, 5.74) is 0. The average Bonchev–Trinajstić information content (AvgIpc) is 2.78. The highest BCUT2D eigenvalue weighted by atomic mass is 32.2. The number of hydrogen-bond acceptors (Lipinski definition) is 4. The van der Waals surface area contributed by atoms with Gasteiger partial charge in [-0.3, -0.25) is 9.69 Å². The Morgan fingerprint density at radius 3 is 2.56 bits per heavy atom. The Bertz CT molecular complexity index is 213. The summed E-state index contributed by atoms with van der Waals surface area (Å²) in [6, 6.07) is -0.0550. The topological polar surface area (TPSA) is 29.5 Å². The molecule has 0 saturated carbocycles. The van der Waals surface area contributed by atoms with Gasteiger partial charge in [0, 0.05) is 5.75 Å². The van der Waals surface area contributed by atoms with Crippen LogP contribution in [-0.2, 0) is 9.53 Å². The number of ether oxygens (including phenoxy) is 1. The van der Waals surface area contributed by atoms with Crippen LogP contribution in [0.2, 0.25) is 0 Å². The molecule has 94 valence electrons. The summed E-state index contributed by atoms with van der Waals surface area (Å²) in [5.74, 6) is 2.07. The summed E-state index contributed by atoms with van der Waals surface area (Å²) >= 11 is 1.87. The number of hydrogen-bond donors (Lipinski definition) is 0. The minimum atomic E-state index is -0.0550. The maximum absolute atomic E-state index is 12.0. The number of esters is 1. The van der Waals surface area contributed by atoms with Crippen LogP contribution in [-0.4, -0.2) is 47.6 Å². The summed E-state index contributed by atoms with van der Waals surface area (Å²) in [6.45, 7) is 8.04. The van der Waals surface area contributed by atoms with Gasteiger partial charge in [0.15, 0.2) is 0 Å². The Kier molecular flexibility index (Phi) is 6.21. The van der Waals surface area contributed by atoms with Crippen LogP contribution in [0, 0.1) is 0 Å². The fourth-order valence-electron chi connectivity index (χ4n) is 2.09. The predicted molar refractivity (Wildman–Crippen MR) is 68.8 cm³/mol. The predicted octanol–water partition coefficient (Wildman–Crippen LogP) is 2.16. The van der Waals surface area contributed by atoms with Crippen molar-refractivity contribution in [1.29, 1.82) is 0 Å². The van der Waals surface area contributed by atoms with Gasteiger partial charge in [-0.05, 0) is 31.7 Å². The van der Waals surface area contributed by atoms with Gasteiger partial charge in [-0.25, -0.2) is 0 Å². The molecule has 0 N–H and O–H groups in total. The zero-order valence-corrected chi connectivity index (χ0v) is 11.4. The van der Waals surface area contributed by atoms with Crippen molar-refractivity contribution in [2.45, 2.75) is 45.8 Å². The minimum Gasteiger partial charge on any atom is -0.460 e. The summed E-state index contributed by atoms with van der Waals surface area (Å²) in [4.78, 5) is 14.2. The first kappa shape index (κ1) is 13.8. The lowest BCUT2D eigenvalue weighted by Crippen LogP contribution is -2.42. The molecule has 2 unspecified atom stereocenters. The standard InChI is InChI=1S/C12H23NO2S/c1-4-11(13(5-2)6-3)12(14)15-10-7-8-16-9-10/h10-11H,4-9H2,1-3H3. The third-order valence-corrected chi connectivity index (χ3v) is 4.21. The second-order valence-corrected chi connectivity index (χ2v) is 5.22. The molecule has 0 aromatic heterocycles. The normalized spacial score (nSPS) is 22.4. The van der Waals surface area contributed by atoms with Gasteiger partial charge in [0.1, 0.15) is 12.1 Å². The van der Waals surface area contributed by atoms with Crippen molar-refractivity contribution in [1.82, 2.24) is 4.90 Å². The molecule has 0 radical (unpaired) electrons. The van der Waals surface area contributed by atoms with Crippen molar-refractivity contribution in [3.8, 4) is 0 Å². The fourth-order valence-corrected chi connectivity index (χ4v) is 3.18. The van der Waals surface area contributed by atoms with Gasteiger partial charge in [0.05, 0.1) is 0 Å². The van der Waals surface area contributed by atoms with Crippen molar-refractivity contribution in [2.75, 3.05) is 24.6 Å². The molecule has 1 aliphatic rings. The van der Waals surface area contributed by atoms with E-state index in [2.05, 4.69) is 18.7 Å². The van der Waals surface area contributed by atoms with E-state index in [-0.39, 0.29) is 18.1 Å². The minimum absolute atomic E-state index is 0.0290. The number of carbonyl (C=O) groups excluding carboxylic acids is 1. The van der Waals surface area contributed by atoms with Crippen LogP contribution in [0.25, 0.3) is 0 Å². The van der Waals surface area contributed by atoms with E-state index >= 15 is 0 Å². The lowest BCUT2D eigenvalue weighted by Gasteiger charge is -2.27. The second kappa shape index (κ2) is 7.17. The molecular weight excluding hydrogens is 222 g/mol. The van der Waals surface area contributed by atoms with Crippen molar-refractivity contribution >= 4 is 17.7 Å². The molecule has 0 amide bonds. The van der Waals surface area contributed by atoms with Gasteiger partial charge in [-0.2, -0.15) is 11.8 Å². The quantitative estimate of drug-likeness (QED) is 0.671. The van der Waals surface area contributed by atoms with Crippen LogP contribution in [0.4, 0.5) is 0 Å². The number of thioether (sulfide) groups is 1. The van der Waals surface area contributed by atoms with Gasteiger partial charge in [-0.1, -0.05) is 20.8 Å². The van der Waals surface area contributed by atoms with Gasteiger partial charge < -0.3 is 4.74 Å². The average molecular weight is 245 g/mol. The highest BCUT2D eigenvalue weighted by Crippen LogP contribution is 2.21. The molecule has 16 heavy (non-hydrogen) atoms. The van der Waals surface area contributed by atoms with Crippen molar-refractivity contribution < 1.29 is 9.53 Å². The molecule has 1 aliphatic heterocycles. The summed E-state index contributed by atoms with van der Waals surface area (Å²) in [5, 5.41) is 0. The van der Waals surface area contributed by atoms with Crippen LogP contribution >= 0.6 is 11.8 Å². The summed E-state index contributed by atoms with van der Waals surface area (Å²) in [7, 11) is 0. The van der Waals surface area contributed by atoms with E-state index in [1.54, 1.807) is 0 Å². The van der Waals surface area contributed by atoms with E-state index < -0.39 is 0 Å². The molecule has 4 heteroatoms. The molecule has 1 fully saturated rings. The Hall–Kier alpha value is -0.220. The summed E-state index contributed by atoms with van der Waals surface area (Å²) < 4.78 is 5.55. The van der Waals surface area contributed by atoms with Crippen LogP contribution in [0.3, 0.4) is 0 Å². The molecule has 1 heterocycles. The molecular formula is C12H23NO2S. The maximum atomic E-state index is 12.0. The van der Waals surface area contributed by atoms with Gasteiger partial charge in [0.25, 0.3) is 0 Å². The van der Waals surface area contributed by atoms with Crippen LogP contribution in [0.5, 0.6) is 0 Å². The number of rotatable bonds is 6. The van der Waals surface area contributed by atoms with Gasteiger partial charge in [-0.15, -0.1) is 0 Å². The number of likely N-dealkylation sites (N-methyl/N-ethyl adjacent to an activating group) is 1. The van der Waals surface area contributed by atoms with Gasteiger partial charge in [0.2, 0.25) is 0 Å². The highest BCUT2D eigenvalue weighted by Gasteiger charge is 2.27. The number of carbonyl (C=O) groups is 1. The molecule has 0 aromatic rings. The van der Waals surface area contributed by atoms with Crippen LogP contribution in [0.15, 0.2) is 0 Å². The van der Waals surface area contributed by atoms with Crippen molar-refractivity contribution in [2.24, 2.45) is 0 Å². The van der Waals surface area contributed by atoms with E-state index in [0.717, 1.165) is 37.4 Å². The molecule has 1 rings (SSSR count). The Morgan fingerprint density at radius 2 is 2.12 bits per heavy atom. The van der Waals surface area contributed by atoms with Crippen LogP contribution < -0.4 is 0 Å². The lowest BCUT2D eigenvalue weighted by atomic mass is 10.2. The Balaban J connectivity index is 2.47. The lowest BCUT2D eigenvalue weighted by molar-refractivity contribution is -0.154. The van der Waals surface area contributed by atoms with Crippen LogP contribution in [0.1, 0.15) is 33.6 Å². The van der Waals surface area contributed by atoms with E-state index in [4.69, 9.17) is 4.74 Å². The molecule has 0 aliphatic carbocycles. The molecule has 0 aromatic carbocycles.